The number of ether oxygens (including phenoxy) is 1. The SMILES string of the molecule is COc1ccc(-c2csc(CN3CCN(C(=O)NC(c4ccccc4)c4ccccc4)CC3)n2)cc1. The van der Waals surface area contributed by atoms with Gasteiger partial charge >= 0.3 is 6.03 Å². The normalized spacial score (nSPS) is 14.1. The summed E-state index contributed by atoms with van der Waals surface area (Å²) in [5, 5.41) is 6.46. The standard InChI is InChI=1S/C29H30N4O2S/c1-35-25-14-12-22(13-15-25)26-21-36-27(30-26)20-32-16-18-33(19-17-32)29(34)31-28(23-8-4-2-5-9-23)24-10-6-3-7-11-24/h2-15,21,28H,16-20H2,1H3,(H,31,34). The Balaban J connectivity index is 1.17. The minimum Gasteiger partial charge on any atom is -0.497 e. The second-order valence-corrected chi connectivity index (χ2v) is 9.76. The van der Waals surface area contributed by atoms with Crippen LogP contribution in [0, 0.1) is 0 Å². The fourth-order valence-corrected chi connectivity index (χ4v) is 5.29. The van der Waals surface area contributed by atoms with Crippen molar-refractivity contribution in [3.05, 3.63) is 106 Å². The van der Waals surface area contributed by atoms with Crippen molar-refractivity contribution in [2.45, 2.75) is 12.6 Å². The molecule has 0 spiro atoms. The highest BCUT2D eigenvalue weighted by molar-refractivity contribution is 7.09. The van der Waals surface area contributed by atoms with Crippen molar-refractivity contribution in [2.24, 2.45) is 0 Å². The summed E-state index contributed by atoms with van der Waals surface area (Å²) >= 11 is 1.68. The summed E-state index contributed by atoms with van der Waals surface area (Å²) in [6.07, 6.45) is 0. The summed E-state index contributed by atoms with van der Waals surface area (Å²) in [4.78, 5) is 22.3. The monoisotopic (exact) mass is 498 g/mol. The molecule has 1 N–H and O–H groups in total. The Bertz CT molecular complexity index is 1210. The molecule has 5 rings (SSSR count). The van der Waals surface area contributed by atoms with E-state index in [9.17, 15) is 4.79 Å². The first kappa shape index (κ1) is 24.0. The summed E-state index contributed by atoms with van der Waals surface area (Å²) in [6, 6.07) is 28.0. The topological polar surface area (TPSA) is 57.7 Å². The van der Waals surface area contributed by atoms with Crippen molar-refractivity contribution in [2.75, 3.05) is 33.3 Å². The van der Waals surface area contributed by atoms with Crippen molar-refractivity contribution in [1.82, 2.24) is 20.1 Å². The lowest BCUT2D eigenvalue weighted by Gasteiger charge is -2.35. The first-order valence-electron chi connectivity index (χ1n) is 12.2. The Morgan fingerprint density at radius 1 is 0.917 bits per heavy atom. The van der Waals surface area contributed by atoms with E-state index >= 15 is 0 Å². The van der Waals surface area contributed by atoms with E-state index in [-0.39, 0.29) is 12.1 Å². The second-order valence-electron chi connectivity index (χ2n) is 8.82. The van der Waals surface area contributed by atoms with Gasteiger partial charge in [0.1, 0.15) is 10.8 Å². The number of carbonyl (C=O) groups is 1. The van der Waals surface area contributed by atoms with Crippen molar-refractivity contribution in [1.29, 1.82) is 0 Å². The number of benzene rings is 3. The van der Waals surface area contributed by atoms with Crippen LogP contribution >= 0.6 is 11.3 Å². The van der Waals surface area contributed by atoms with Gasteiger partial charge in [-0.15, -0.1) is 11.3 Å². The van der Waals surface area contributed by atoms with Gasteiger partial charge in [0.25, 0.3) is 0 Å². The Labute approximate surface area is 216 Å². The van der Waals surface area contributed by atoms with Crippen LogP contribution < -0.4 is 10.1 Å². The van der Waals surface area contributed by atoms with Gasteiger partial charge in [-0.25, -0.2) is 9.78 Å². The summed E-state index contributed by atoms with van der Waals surface area (Å²) in [5.41, 5.74) is 4.23. The summed E-state index contributed by atoms with van der Waals surface area (Å²) < 4.78 is 5.25. The summed E-state index contributed by atoms with van der Waals surface area (Å²) in [7, 11) is 1.67. The molecule has 4 aromatic rings. The maximum atomic E-state index is 13.2. The molecule has 184 valence electrons. The number of nitrogens with one attached hydrogen (secondary N) is 1. The van der Waals surface area contributed by atoms with Crippen LogP contribution in [-0.4, -0.2) is 54.1 Å². The molecule has 0 saturated carbocycles. The second kappa shape index (κ2) is 11.4. The van der Waals surface area contributed by atoms with Crippen LogP contribution in [0.3, 0.4) is 0 Å². The van der Waals surface area contributed by atoms with Gasteiger partial charge in [-0.1, -0.05) is 60.7 Å². The number of nitrogens with zero attached hydrogens (tertiary/aromatic N) is 3. The summed E-state index contributed by atoms with van der Waals surface area (Å²) in [5.74, 6) is 0.843. The fraction of sp³-hybridized carbons (Fsp3) is 0.241. The Morgan fingerprint density at radius 2 is 1.53 bits per heavy atom. The predicted molar refractivity (Wildman–Crippen MR) is 144 cm³/mol. The molecule has 7 heteroatoms. The number of urea groups is 1. The van der Waals surface area contributed by atoms with Gasteiger partial charge in [0.05, 0.1) is 25.4 Å². The van der Waals surface area contributed by atoms with Gasteiger partial charge in [-0.2, -0.15) is 0 Å². The zero-order valence-electron chi connectivity index (χ0n) is 20.3. The van der Waals surface area contributed by atoms with Gasteiger partial charge < -0.3 is 15.0 Å². The highest BCUT2D eigenvalue weighted by Crippen LogP contribution is 2.25. The number of carbonyl (C=O) groups excluding carboxylic acids is 1. The van der Waals surface area contributed by atoms with E-state index in [1.807, 2.05) is 65.6 Å². The van der Waals surface area contributed by atoms with Crippen LogP contribution in [0.1, 0.15) is 22.2 Å². The number of amides is 2. The number of hydrogen-bond donors (Lipinski definition) is 1. The van der Waals surface area contributed by atoms with E-state index in [0.29, 0.717) is 13.1 Å². The average molecular weight is 499 g/mol. The lowest BCUT2D eigenvalue weighted by atomic mass is 9.99. The number of thiazole rings is 1. The lowest BCUT2D eigenvalue weighted by Crippen LogP contribution is -2.52. The highest BCUT2D eigenvalue weighted by Gasteiger charge is 2.25. The third kappa shape index (κ3) is 5.75. The van der Waals surface area contributed by atoms with Crippen LogP contribution in [-0.2, 0) is 6.54 Å². The van der Waals surface area contributed by atoms with E-state index in [1.165, 1.54) is 0 Å². The molecule has 0 aliphatic carbocycles. The van der Waals surface area contributed by atoms with Gasteiger partial charge in [0.15, 0.2) is 0 Å². The van der Waals surface area contributed by atoms with Crippen LogP contribution in [0.25, 0.3) is 11.3 Å². The molecule has 1 aromatic heterocycles. The zero-order valence-corrected chi connectivity index (χ0v) is 21.2. The molecule has 1 aliphatic heterocycles. The van der Waals surface area contributed by atoms with Crippen molar-refractivity contribution >= 4 is 17.4 Å². The molecule has 0 unspecified atom stereocenters. The molecule has 2 heterocycles. The van der Waals surface area contributed by atoms with Crippen molar-refractivity contribution in [3.63, 3.8) is 0 Å². The van der Waals surface area contributed by atoms with Gasteiger partial charge in [-0.3, -0.25) is 4.90 Å². The minimum absolute atomic E-state index is 0.0246. The van der Waals surface area contributed by atoms with E-state index < -0.39 is 0 Å². The quantitative estimate of drug-likeness (QED) is 0.369. The van der Waals surface area contributed by atoms with Crippen molar-refractivity contribution < 1.29 is 9.53 Å². The highest BCUT2D eigenvalue weighted by atomic mass is 32.1. The molecule has 3 aromatic carbocycles. The van der Waals surface area contributed by atoms with Gasteiger partial charge in [0.2, 0.25) is 0 Å². The summed E-state index contributed by atoms with van der Waals surface area (Å²) in [6.45, 7) is 3.84. The lowest BCUT2D eigenvalue weighted by molar-refractivity contribution is 0.134. The maximum absolute atomic E-state index is 13.2. The maximum Gasteiger partial charge on any atom is 0.318 e. The number of methoxy groups -OCH3 is 1. The largest absolute Gasteiger partial charge is 0.497 e. The predicted octanol–water partition coefficient (Wildman–Crippen LogP) is 5.44. The molecule has 1 aliphatic rings. The molecule has 2 amide bonds. The average Bonchev–Trinajstić information content (AvgIpc) is 3.41. The Morgan fingerprint density at radius 3 is 2.11 bits per heavy atom. The van der Waals surface area contributed by atoms with Crippen molar-refractivity contribution in [3.8, 4) is 17.0 Å². The van der Waals surface area contributed by atoms with Gasteiger partial charge in [-0.05, 0) is 35.4 Å². The smallest absolute Gasteiger partial charge is 0.318 e. The van der Waals surface area contributed by atoms with Crippen LogP contribution in [0.4, 0.5) is 4.79 Å². The zero-order chi connectivity index (χ0) is 24.7. The van der Waals surface area contributed by atoms with Crippen LogP contribution in [0.5, 0.6) is 5.75 Å². The third-order valence-electron chi connectivity index (χ3n) is 6.49. The van der Waals surface area contributed by atoms with E-state index in [1.54, 1.807) is 18.4 Å². The molecular weight excluding hydrogens is 468 g/mol. The van der Waals surface area contributed by atoms with Crippen LogP contribution in [0.2, 0.25) is 0 Å². The van der Waals surface area contributed by atoms with E-state index in [4.69, 9.17) is 9.72 Å². The van der Waals surface area contributed by atoms with E-state index in [2.05, 4.69) is 39.9 Å². The first-order valence-corrected chi connectivity index (χ1v) is 13.0. The Kier molecular flexibility index (Phi) is 7.59. The third-order valence-corrected chi connectivity index (χ3v) is 7.32. The molecule has 1 fully saturated rings. The molecule has 0 bridgehead atoms. The molecule has 36 heavy (non-hydrogen) atoms. The molecule has 0 radical (unpaired) electrons. The van der Waals surface area contributed by atoms with E-state index in [0.717, 1.165) is 52.8 Å². The number of piperazine rings is 1. The molecular formula is C29H30N4O2S. The number of hydrogen-bond acceptors (Lipinski definition) is 5. The number of aromatic nitrogens is 1. The minimum atomic E-state index is -0.176. The first-order chi connectivity index (χ1) is 17.7. The fourth-order valence-electron chi connectivity index (χ4n) is 4.44. The number of rotatable bonds is 7. The van der Waals surface area contributed by atoms with Gasteiger partial charge in [0, 0.05) is 37.1 Å². The van der Waals surface area contributed by atoms with Crippen LogP contribution in [0.15, 0.2) is 90.3 Å². The molecule has 6 nitrogen and oxygen atoms in total. The molecule has 0 atom stereocenters. The Hall–Kier alpha value is -3.68. The molecule has 1 saturated heterocycles.